The number of nitrogens with one attached hydrogen (secondary N) is 2. The fraction of sp³-hybridized carbons (Fsp3) is 0.400. The molecular weight excluding hydrogens is 406 g/mol. The number of amides is 1. The van der Waals surface area contributed by atoms with Crippen LogP contribution in [0.2, 0.25) is 0 Å². The van der Waals surface area contributed by atoms with Crippen LogP contribution in [0.3, 0.4) is 0 Å². The number of halogens is 4. The molecule has 0 aliphatic carbocycles. The van der Waals surface area contributed by atoms with Gasteiger partial charge in [0.15, 0.2) is 11.6 Å². The maximum Gasteiger partial charge on any atom is 0.433 e. The molecule has 0 spiro atoms. The van der Waals surface area contributed by atoms with Gasteiger partial charge in [0.2, 0.25) is 5.91 Å². The van der Waals surface area contributed by atoms with Gasteiger partial charge >= 0.3 is 6.18 Å². The third-order valence-electron chi connectivity index (χ3n) is 4.67. The summed E-state index contributed by atoms with van der Waals surface area (Å²) in [7, 11) is 1.40. The number of aromatic nitrogens is 1. The molecular formula is C20H21F4N3O3. The van der Waals surface area contributed by atoms with Crippen molar-refractivity contribution >= 4 is 5.91 Å². The molecule has 0 radical (unpaired) electrons. The van der Waals surface area contributed by atoms with Gasteiger partial charge in [-0.3, -0.25) is 9.78 Å². The number of pyridine rings is 1. The van der Waals surface area contributed by atoms with E-state index in [1.165, 1.54) is 25.3 Å². The van der Waals surface area contributed by atoms with Crippen LogP contribution in [-0.4, -0.2) is 30.6 Å². The van der Waals surface area contributed by atoms with E-state index in [4.69, 9.17) is 9.47 Å². The SMILES string of the molecule is COc1cc(OCc2ccc(C(F)(F)F)nc2)c(F)cc1CNC(=O)C1CCCN1. The van der Waals surface area contributed by atoms with Crippen LogP contribution in [0, 0.1) is 5.82 Å². The van der Waals surface area contributed by atoms with Crippen molar-refractivity contribution in [2.75, 3.05) is 13.7 Å². The molecule has 2 N–H and O–H groups in total. The molecule has 1 fully saturated rings. The number of methoxy groups -OCH3 is 1. The molecule has 1 saturated heterocycles. The number of carbonyl (C=O) groups is 1. The van der Waals surface area contributed by atoms with E-state index in [-0.39, 0.29) is 30.9 Å². The summed E-state index contributed by atoms with van der Waals surface area (Å²) in [5.74, 6) is -0.653. The van der Waals surface area contributed by atoms with E-state index in [0.717, 1.165) is 31.6 Å². The molecule has 6 nitrogen and oxygen atoms in total. The predicted octanol–water partition coefficient (Wildman–Crippen LogP) is 3.20. The van der Waals surface area contributed by atoms with Gasteiger partial charge in [-0.1, -0.05) is 6.07 Å². The molecule has 1 unspecified atom stereocenters. The van der Waals surface area contributed by atoms with E-state index in [1.807, 2.05) is 0 Å². The number of hydrogen-bond donors (Lipinski definition) is 2. The largest absolute Gasteiger partial charge is 0.496 e. The number of alkyl halides is 3. The van der Waals surface area contributed by atoms with Gasteiger partial charge in [0.25, 0.3) is 0 Å². The highest BCUT2D eigenvalue weighted by molar-refractivity contribution is 5.82. The zero-order valence-electron chi connectivity index (χ0n) is 16.2. The molecule has 1 aliphatic rings. The van der Waals surface area contributed by atoms with Crippen molar-refractivity contribution in [3.05, 3.63) is 53.1 Å². The Bertz CT molecular complexity index is 882. The molecule has 3 rings (SSSR count). The highest BCUT2D eigenvalue weighted by Gasteiger charge is 2.32. The standard InChI is InChI=1S/C20H21F4N3O3/c1-29-16-8-17(30-11-12-4-5-18(26-9-12)20(22,23)24)14(21)7-13(16)10-27-19(28)15-3-2-6-25-15/h4-5,7-9,15,25H,2-3,6,10-11H2,1H3,(H,27,28). The first-order chi connectivity index (χ1) is 14.3. The van der Waals surface area contributed by atoms with Gasteiger partial charge in [-0.05, 0) is 31.5 Å². The fourth-order valence-corrected chi connectivity index (χ4v) is 3.07. The summed E-state index contributed by atoms with van der Waals surface area (Å²) in [6.45, 7) is 0.700. The van der Waals surface area contributed by atoms with Crippen molar-refractivity contribution in [2.45, 2.75) is 38.2 Å². The van der Waals surface area contributed by atoms with Crippen LogP contribution in [0.15, 0.2) is 30.5 Å². The van der Waals surface area contributed by atoms with Crippen LogP contribution in [0.5, 0.6) is 11.5 Å². The number of rotatable bonds is 7. The van der Waals surface area contributed by atoms with Crippen molar-refractivity contribution in [3.63, 3.8) is 0 Å². The van der Waals surface area contributed by atoms with Gasteiger partial charge in [0.05, 0.1) is 13.2 Å². The minimum absolute atomic E-state index is 0.0835. The molecule has 0 bridgehead atoms. The minimum atomic E-state index is -4.53. The molecule has 1 aliphatic heterocycles. The normalized spacial score (nSPS) is 16.4. The van der Waals surface area contributed by atoms with Crippen molar-refractivity contribution in [1.29, 1.82) is 0 Å². The second-order valence-electron chi connectivity index (χ2n) is 6.80. The Hall–Kier alpha value is -2.88. The predicted molar refractivity (Wildman–Crippen MR) is 99.4 cm³/mol. The lowest BCUT2D eigenvalue weighted by molar-refractivity contribution is -0.141. The lowest BCUT2D eigenvalue weighted by atomic mass is 10.1. The number of hydrogen-bond acceptors (Lipinski definition) is 5. The average Bonchev–Trinajstić information content (AvgIpc) is 3.26. The van der Waals surface area contributed by atoms with Crippen LogP contribution in [0.25, 0.3) is 0 Å². The summed E-state index contributed by atoms with van der Waals surface area (Å²) in [6, 6.07) is 4.33. The summed E-state index contributed by atoms with van der Waals surface area (Å²) in [4.78, 5) is 15.4. The molecule has 10 heteroatoms. The fourth-order valence-electron chi connectivity index (χ4n) is 3.07. The minimum Gasteiger partial charge on any atom is -0.496 e. The number of ether oxygens (including phenoxy) is 2. The van der Waals surface area contributed by atoms with Crippen LogP contribution < -0.4 is 20.1 Å². The molecule has 1 atom stereocenters. The zero-order chi connectivity index (χ0) is 21.7. The molecule has 2 heterocycles. The summed E-state index contributed by atoms with van der Waals surface area (Å²) in [5, 5.41) is 5.83. The number of nitrogens with zero attached hydrogens (tertiary/aromatic N) is 1. The maximum atomic E-state index is 14.4. The van der Waals surface area contributed by atoms with Gasteiger partial charge in [-0.25, -0.2) is 4.39 Å². The van der Waals surface area contributed by atoms with Crippen LogP contribution in [0.4, 0.5) is 17.6 Å². The average molecular weight is 427 g/mol. The van der Waals surface area contributed by atoms with E-state index in [1.54, 1.807) is 0 Å². The summed E-state index contributed by atoms with van der Waals surface area (Å²) in [5.41, 5.74) is -0.232. The Morgan fingerprint density at radius 3 is 2.70 bits per heavy atom. The van der Waals surface area contributed by atoms with Crippen molar-refractivity contribution in [3.8, 4) is 11.5 Å². The van der Waals surface area contributed by atoms with Gasteiger partial charge in [-0.15, -0.1) is 0 Å². The Labute approximate surface area is 170 Å². The second kappa shape index (κ2) is 9.29. The van der Waals surface area contributed by atoms with E-state index >= 15 is 0 Å². The van der Waals surface area contributed by atoms with E-state index < -0.39 is 17.7 Å². The monoisotopic (exact) mass is 427 g/mol. The van der Waals surface area contributed by atoms with Gasteiger partial charge in [0, 0.05) is 29.9 Å². The molecule has 1 aromatic carbocycles. The first-order valence-corrected chi connectivity index (χ1v) is 9.30. The lowest BCUT2D eigenvalue weighted by Crippen LogP contribution is -2.40. The smallest absolute Gasteiger partial charge is 0.433 e. The van der Waals surface area contributed by atoms with Crippen LogP contribution >= 0.6 is 0 Å². The topological polar surface area (TPSA) is 72.5 Å². The lowest BCUT2D eigenvalue weighted by Gasteiger charge is -2.15. The Balaban J connectivity index is 1.63. The van der Waals surface area contributed by atoms with E-state index in [2.05, 4.69) is 15.6 Å². The number of carbonyl (C=O) groups excluding carboxylic acids is 1. The molecule has 1 aromatic heterocycles. The first kappa shape index (κ1) is 21.8. The summed E-state index contributed by atoms with van der Waals surface area (Å²) >= 11 is 0. The van der Waals surface area contributed by atoms with E-state index in [9.17, 15) is 22.4 Å². The van der Waals surface area contributed by atoms with Crippen LogP contribution in [-0.2, 0) is 24.1 Å². The van der Waals surface area contributed by atoms with Gasteiger partial charge in [0.1, 0.15) is 18.1 Å². The third kappa shape index (κ3) is 5.38. The van der Waals surface area contributed by atoms with E-state index in [0.29, 0.717) is 16.9 Å². The molecule has 1 amide bonds. The molecule has 162 valence electrons. The zero-order valence-corrected chi connectivity index (χ0v) is 16.2. The van der Waals surface area contributed by atoms with Crippen LogP contribution in [0.1, 0.15) is 29.7 Å². The summed E-state index contributed by atoms with van der Waals surface area (Å²) in [6.07, 6.45) is -1.82. The molecule has 2 aromatic rings. The van der Waals surface area contributed by atoms with Crippen molar-refractivity contribution in [2.24, 2.45) is 0 Å². The Morgan fingerprint density at radius 2 is 2.10 bits per heavy atom. The van der Waals surface area contributed by atoms with Crippen molar-refractivity contribution < 1.29 is 31.8 Å². The maximum absolute atomic E-state index is 14.4. The Kier molecular flexibility index (Phi) is 6.76. The highest BCUT2D eigenvalue weighted by atomic mass is 19.4. The Morgan fingerprint density at radius 1 is 1.30 bits per heavy atom. The van der Waals surface area contributed by atoms with Gasteiger partial charge in [-0.2, -0.15) is 13.2 Å². The highest BCUT2D eigenvalue weighted by Crippen LogP contribution is 2.30. The molecule has 0 saturated carbocycles. The third-order valence-corrected chi connectivity index (χ3v) is 4.67. The second-order valence-corrected chi connectivity index (χ2v) is 6.80. The van der Waals surface area contributed by atoms with Crippen molar-refractivity contribution in [1.82, 2.24) is 15.6 Å². The van der Waals surface area contributed by atoms with Gasteiger partial charge < -0.3 is 20.1 Å². The molecule has 30 heavy (non-hydrogen) atoms. The summed E-state index contributed by atoms with van der Waals surface area (Å²) < 4.78 is 62.8. The quantitative estimate of drug-likeness (QED) is 0.664. The first-order valence-electron chi connectivity index (χ1n) is 9.30. The number of benzene rings is 1.